The van der Waals surface area contributed by atoms with Gasteiger partial charge in [-0.1, -0.05) is 6.92 Å². The zero-order valence-electron chi connectivity index (χ0n) is 7.92. The zero-order valence-corrected chi connectivity index (χ0v) is 9.50. The second-order valence-corrected chi connectivity index (χ2v) is 4.59. The summed E-state index contributed by atoms with van der Waals surface area (Å²) in [5, 5.41) is 7.72. The van der Waals surface area contributed by atoms with E-state index < -0.39 is 0 Å². The lowest BCUT2D eigenvalue weighted by Gasteiger charge is -2.02. The first-order valence-electron chi connectivity index (χ1n) is 4.58. The lowest BCUT2D eigenvalue weighted by Crippen LogP contribution is -2.18. The van der Waals surface area contributed by atoms with Crippen molar-refractivity contribution in [2.75, 3.05) is 0 Å². The molecule has 1 N–H and O–H groups in total. The molecule has 0 aliphatic heterocycles. The largest absolute Gasteiger partial charge is 0.308 e. The van der Waals surface area contributed by atoms with Crippen molar-refractivity contribution in [2.24, 2.45) is 13.0 Å². The number of nitrogens with zero attached hydrogens (tertiary/aromatic N) is 2. The minimum Gasteiger partial charge on any atom is -0.308 e. The van der Waals surface area contributed by atoms with E-state index >= 15 is 0 Å². The fourth-order valence-electron chi connectivity index (χ4n) is 1.47. The molecule has 1 aliphatic carbocycles. The van der Waals surface area contributed by atoms with Gasteiger partial charge in [0.05, 0.1) is 5.69 Å². The fourth-order valence-corrected chi connectivity index (χ4v) is 1.98. The monoisotopic (exact) mass is 243 g/mol. The third kappa shape index (κ3) is 2.11. The topological polar surface area (TPSA) is 29.9 Å². The smallest absolute Gasteiger partial charge is 0.128 e. The third-order valence-electron chi connectivity index (χ3n) is 2.60. The Morgan fingerprint density at radius 1 is 1.77 bits per heavy atom. The molecule has 13 heavy (non-hydrogen) atoms. The van der Waals surface area contributed by atoms with E-state index in [2.05, 4.69) is 39.3 Å². The van der Waals surface area contributed by atoms with Gasteiger partial charge in [-0.25, -0.2) is 0 Å². The number of halogens is 1. The van der Waals surface area contributed by atoms with Gasteiger partial charge in [0.1, 0.15) is 4.60 Å². The van der Waals surface area contributed by atoms with Gasteiger partial charge in [-0.3, -0.25) is 4.68 Å². The molecule has 4 heteroatoms. The van der Waals surface area contributed by atoms with Crippen LogP contribution in [0.4, 0.5) is 0 Å². The first kappa shape index (κ1) is 9.21. The van der Waals surface area contributed by atoms with Crippen molar-refractivity contribution in [2.45, 2.75) is 25.9 Å². The number of hydrogen-bond donors (Lipinski definition) is 1. The van der Waals surface area contributed by atoms with E-state index in [1.807, 2.05) is 11.7 Å². The van der Waals surface area contributed by atoms with Crippen LogP contribution < -0.4 is 5.32 Å². The molecule has 1 aromatic heterocycles. The van der Waals surface area contributed by atoms with Gasteiger partial charge in [0.25, 0.3) is 0 Å². The van der Waals surface area contributed by atoms with Gasteiger partial charge in [-0.15, -0.1) is 0 Å². The molecular weight excluding hydrogens is 230 g/mol. The fraction of sp³-hybridized carbons (Fsp3) is 0.667. The zero-order chi connectivity index (χ0) is 9.42. The Hall–Kier alpha value is -0.350. The Morgan fingerprint density at radius 2 is 2.46 bits per heavy atom. The first-order chi connectivity index (χ1) is 6.16. The van der Waals surface area contributed by atoms with Crippen LogP contribution in [0.15, 0.2) is 10.7 Å². The average molecular weight is 244 g/mol. The van der Waals surface area contributed by atoms with Crippen LogP contribution in [0, 0.1) is 5.92 Å². The molecule has 2 rings (SSSR count). The van der Waals surface area contributed by atoms with Gasteiger partial charge in [-0.2, -0.15) is 5.10 Å². The van der Waals surface area contributed by atoms with E-state index in [1.54, 1.807) is 0 Å². The van der Waals surface area contributed by atoms with Crippen molar-refractivity contribution in [3.05, 3.63) is 16.4 Å². The minimum absolute atomic E-state index is 0.730. The molecule has 1 fully saturated rings. The number of aryl methyl sites for hydroxylation is 1. The van der Waals surface area contributed by atoms with Crippen LogP contribution in [0.25, 0.3) is 0 Å². The van der Waals surface area contributed by atoms with Crippen molar-refractivity contribution < 1.29 is 0 Å². The van der Waals surface area contributed by atoms with E-state index in [0.29, 0.717) is 0 Å². The summed E-state index contributed by atoms with van der Waals surface area (Å²) in [6.45, 7) is 3.20. The summed E-state index contributed by atoms with van der Waals surface area (Å²) in [5.74, 6) is 0.858. The van der Waals surface area contributed by atoms with Crippen molar-refractivity contribution in [3.63, 3.8) is 0 Å². The molecule has 72 valence electrons. The Bertz CT molecular complexity index is 308. The first-order valence-corrected chi connectivity index (χ1v) is 5.38. The lowest BCUT2D eigenvalue weighted by molar-refractivity contribution is 0.604. The summed E-state index contributed by atoms with van der Waals surface area (Å²) < 4.78 is 2.82. The number of nitrogens with one attached hydrogen (secondary N) is 1. The molecule has 1 aliphatic rings. The van der Waals surface area contributed by atoms with Gasteiger partial charge in [0.15, 0.2) is 0 Å². The Morgan fingerprint density at radius 3 is 2.92 bits per heavy atom. The van der Waals surface area contributed by atoms with Crippen molar-refractivity contribution in [3.8, 4) is 0 Å². The van der Waals surface area contributed by atoms with Crippen LogP contribution in [0.2, 0.25) is 0 Å². The molecule has 0 aromatic carbocycles. The van der Waals surface area contributed by atoms with Gasteiger partial charge < -0.3 is 5.32 Å². The maximum Gasteiger partial charge on any atom is 0.128 e. The van der Waals surface area contributed by atoms with Crippen LogP contribution >= 0.6 is 15.9 Å². The summed E-state index contributed by atoms with van der Waals surface area (Å²) in [6.07, 6.45) is 1.32. The minimum atomic E-state index is 0.730. The van der Waals surface area contributed by atoms with Crippen LogP contribution in [-0.4, -0.2) is 15.8 Å². The SMILES string of the molecule is C[C@@H]1C[C@H]1NCc1cc(Br)nn1C. The number of hydrogen-bond acceptors (Lipinski definition) is 2. The van der Waals surface area contributed by atoms with Crippen LogP contribution in [0.5, 0.6) is 0 Å². The summed E-state index contributed by atoms with van der Waals surface area (Å²) in [4.78, 5) is 0. The highest BCUT2D eigenvalue weighted by Gasteiger charge is 2.31. The molecule has 0 spiro atoms. The molecule has 0 bridgehead atoms. The highest BCUT2D eigenvalue weighted by molar-refractivity contribution is 9.10. The number of aromatic nitrogens is 2. The molecule has 3 nitrogen and oxygen atoms in total. The molecule has 0 radical (unpaired) electrons. The van der Waals surface area contributed by atoms with E-state index in [9.17, 15) is 0 Å². The van der Waals surface area contributed by atoms with Gasteiger partial charge in [0.2, 0.25) is 0 Å². The van der Waals surface area contributed by atoms with Crippen molar-refractivity contribution in [1.29, 1.82) is 0 Å². The van der Waals surface area contributed by atoms with Gasteiger partial charge in [-0.05, 0) is 34.3 Å². The molecule has 0 amide bonds. The predicted molar refractivity (Wildman–Crippen MR) is 55.3 cm³/mol. The summed E-state index contributed by atoms with van der Waals surface area (Å²) in [7, 11) is 1.97. The molecule has 1 heterocycles. The quantitative estimate of drug-likeness (QED) is 0.876. The van der Waals surface area contributed by atoms with Gasteiger partial charge in [0, 0.05) is 19.6 Å². The van der Waals surface area contributed by atoms with Crippen molar-refractivity contribution in [1.82, 2.24) is 15.1 Å². The summed E-state index contributed by atoms with van der Waals surface area (Å²) in [5.41, 5.74) is 1.23. The third-order valence-corrected chi connectivity index (χ3v) is 2.99. The lowest BCUT2D eigenvalue weighted by atomic mass is 10.4. The summed E-state index contributed by atoms with van der Waals surface area (Å²) >= 11 is 3.36. The van der Waals surface area contributed by atoms with Crippen LogP contribution in [0.1, 0.15) is 19.0 Å². The Balaban J connectivity index is 1.90. The predicted octanol–water partition coefficient (Wildman–Crippen LogP) is 1.68. The highest BCUT2D eigenvalue weighted by atomic mass is 79.9. The average Bonchev–Trinajstić information content (AvgIpc) is 2.65. The van der Waals surface area contributed by atoms with Crippen LogP contribution in [0.3, 0.4) is 0 Å². The standard InChI is InChI=1S/C9H14BrN3/c1-6-3-8(6)11-5-7-4-9(10)12-13(7)2/h4,6,8,11H,3,5H2,1-2H3/t6-,8-/m1/s1. The maximum absolute atomic E-state index is 4.22. The second kappa shape index (κ2) is 3.42. The molecule has 0 unspecified atom stereocenters. The molecular formula is C9H14BrN3. The molecule has 1 saturated carbocycles. The highest BCUT2D eigenvalue weighted by Crippen LogP contribution is 2.29. The number of rotatable bonds is 3. The van der Waals surface area contributed by atoms with E-state index in [0.717, 1.165) is 23.1 Å². The van der Waals surface area contributed by atoms with Crippen molar-refractivity contribution >= 4 is 15.9 Å². The van der Waals surface area contributed by atoms with E-state index in [4.69, 9.17) is 0 Å². The summed E-state index contributed by atoms with van der Waals surface area (Å²) in [6, 6.07) is 2.79. The molecule has 2 atom stereocenters. The normalized spacial score (nSPS) is 26.4. The van der Waals surface area contributed by atoms with E-state index in [-0.39, 0.29) is 0 Å². The van der Waals surface area contributed by atoms with Gasteiger partial charge >= 0.3 is 0 Å². The van der Waals surface area contributed by atoms with Crippen LogP contribution in [-0.2, 0) is 13.6 Å². The molecule has 1 aromatic rings. The molecule has 0 saturated heterocycles. The Kier molecular flexibility index (Phi) is 2.43. The van der Waals surface area contributed by atoms with E-state index in [1.165, 1.54) is 12.1 Å². The Labute approximate surface area is 86.6 Å². The maximum atomic E-state index is 4.22. The second-order valence-electron chi connectivity index (χ2n) is 3.78.